The molecule has 1 aliphatic carbocycles. The van der Waals surface area contributed by atoms with Crippen LogP contribution in [0.5, 0.6) is 0 Å². The molecule has 3 aromatic rings. The van der Waals surface area contributed by atoms with E-state index in [0.717, 1.165) is 52.7 Å². The number of aliphatic imine (C=N–C) groups is 1. The van der Waals surface area contributed by atoms with Gasteiger partial charge in [0.2, 0.25) is 5.91 Å². The molecule has 2 amide bonds. The number of amidine groups is 1. The summed E-state index contributed by atoms with van der Waals surface area (Å²) in [4.78, 5) is 35.0. The Balaban J connectivity index is 1.33. The number of halogens is 3. The first-order chi connectivity index (χ1) is 20.2. The van der Waals surface area contributed by atoms with Gasteiger partial charge in [-0.15, -0.1) is 0 Å². The van der Waals surface area contributed by atoms with Gasteiger partial charge in [0.25, 0.3) is 5.91 Å². The van der Waals surface area contributed by atoms with Gasteiger partial charge in [-0.25, -0.2) is 4.98 Å². The number of piperidine rings is 1. The van der Waals surface area contributed by atoms with Crippen molar-refractivity contribution in [2.75, 3.05) is 11.4 Å². The summed E-state index contributed by atoms with van der Waals surface area (Å²) in [5.74, 6) is -1.39. The SMILES string of the molecule is Cc1ccc(-c2c(C)nn(CC(N)=O)c2C)cc1N1CCC(C(=O)N=C(N)c2ccc(C(F)(F)F)nc2C2CC2)CC1C. The lowest BCUT2D eigenvalue weighted by Gasteiger charge is -2.39. The second-order valence-corrected chi connectivity index (χ2v) is 11.7. The third kappa shape index (κ3) is 6.28. The molecule has 2 unspecified atom stereocenters. The maximum atomic E-state index is 13.2. The van der Waals surface area contributed by atoms with Crippen molar-refractivity contribution in [3.05, 3.63) is 64.2 Å². The number of carbonyl (C=O) groups excluding carboxylic acids is 2. The van der Waals surface area contributed by atoms with Crippen molar-refractivity contribution in [1.29, 1.82) is 0 Å². The molecule has 1 saturated heterocycles. The summed E-state index contributed by atoms with van der Waals surface area (Å²) in [6.07, 6.45) is -1.99. The van der Waals surface area contributed by atoms with E-state index in [0.29, 0.717) is 24.9 Å². The summed E-state index contributed by atoms with van der Waals surface area (Å²) in [5.41, 5.74) is 16.9. The molecule has 9 nitrogen and oxygen atoms in total. The number of anilines is 1. The van der Waals surface area contributed by atoms with Crippen LogP contribution in [0, 0.1) is 26.7 Å². The first-order valence-corrected chi connectivity index (χ1v) is 14.4. The van der Waals surface area contributed by atoms with Crippen molar-refractivity contribution in [2.24, 2.45) is 22.4 Å². The van der Waals surface area contributed by atoms with E-state index in [1.807, 2.05) is 26.8 Å². The van der Waals surface area contributed by atoms with Gasteiger partial charge in [0, 0.05) is 46.9 Å². The molecule has 5 rings (SSSR count). The molecule has 3 heterocycles. The van der Waals surface area contributed by atoms with Gasteiger partial charge in [-0.05, 0) is 82.7 Å². The van der Waals surface area contributed by atoms with E-state index in [1.165, 1.54) is 6.07 Å². The van der Waals surface area contributed by atoms with Crippen LogP contribution in [0.25, 0.3) is 11.1 Å². The Morgan fingerprint density at radius 1 is 1.07 bits per heavy atom. The van der Waals surface area contributed by atoms with E-state index in [2.05, 4.69) is 39.0 Å². The number of hydrogen-bond acceptors (Lipinski definition) is 5. The van der Waals surface area contributed by atoms with Crippen molar-refractivity contribution < 1.29 is 22.8 Å². The number of nitrogens with two attached hydrogens (primary N) is 2. The lowest BCUT2D eigenvalue weighted by atomic mass is 9.89. The predicted octanol–water partition coefficient (Wildman–Crippen LogP) is 4.79. The second kappa shape index (κ2) is 11.5. The molecule has 2 aliphatic rings. The minimum Gasteiger partial charge on any atom is -0.383 e. The molecule has 1 saturated carbocycles. The third-order valence-corrected chi connectivity index (χ3v) is 8.41. The Labute approximate surface area is 248 Å². The van der Waals surface area contributed by atoms with Gasteiger partial charge < -0.3 is 16.4 Å². The number of carbonyl (C=O) groups is 2. The van der Waals surface area contributed by atoms with Crippen molar-refractivity contribution in [2.45, 2.75) is 78.1 Å². The molecule has 43 heavy (non-hydrogen) atoms. The van der Waals surface area contributed by atoms with Crippen LogP contribution >= 0.6 is 0 Å². The number of amides is 2. The fraction of sp³-hybridized carbons (Fsp3) is 0.452. The fourth-order valence-electron chi connectivity index (χ4n) is 6.03. The highest BCUT2D eigenvalue weighted by Gasteiger charge is 2.37. The molecule has 0 radical (unpaired) electrons. The summed E-state index contributed by atoms with van der Waals surface area (Å²) in [6.45, 7) is 8.54. The van der Waals surface area contributed by atoms with Crippen LogP contribution in [0.1, 0.15) is 72.4 Å². The van der Waals surface area contributed by atoms with E-state index in [-0.39, 0.29) is 41.9 Å². The van der Waals surface area contributed by atoms with Crippen molar-refractivity contribution in [3.8, 4) is 11.1 Å². The first-order valence-electron chi connectivity index (χ1n) is 14.4. The lowest BCUT2D eigenvalue weighted by Crippen LogP contribution is -2.43. The third-order valence-electron chi connectivity index (χ3n) is 8.41. The van der Waals surface area contributed by atoms with E-state index in [1.54, 1.807) is 4.68 Å². The van der Waals surface area contributed by atoms with Crippen LogP contribution in [0.3, 0.4) is 0 Å². The Hall–Kier alpha value is -4.22. The number of benzene rings is 1. The topological polar surface area (TPSA) is 132 Å². The molecular weight excluding hydrogens is 559 g/mol. The van der Waals surface area contributed by atoms with Crippen molar-refractivity contribution in [1.82, 2.24) is 14.8 Å². The summed E-state index contributed by atoms with van der Waals surface area (Å²) in [5, 5.41) is 4.50. The van der Waals surface area contributed by atoms with Crippen LogP contribution in [-0.4, -0.2) is 45.0 Å². The zero-order chi connectivity index (χ0) is 31.2. The van der Waals surface area contributed by atoms with E-state index < -0.39 is 17.8 Å². The minimum absolute atomic E-state index is 0.00817. The average Bonchev–Trinajstić information content (AvgIpc) is 3.74. The molecular formula is C31H36F3N7O2. The summed E-state index contributed by atoms with van der Waals surface area (Å²) >= 11 is 0. The van der Waals surface area contributed by atoms with Gasteiger partial charge >= 0.3 is 6.18 Å². The maximum Gasteiger partial charge on any atom is 0.433 e. The molecule has 228 valence electrons. The van der Waals surface area contributed by atoms with Gasteiger partial charge in [0.15, 0.2) is 0 Å². The van der Waals surface area contributed by atoms with Gasteiger partial charge in [-0.3, -0.25) is 14.3 Å². The standard InChI is InChI=1S/C31H36F3N7O2/c1-16-5-6-21(27-18(3)39-41(19(27)4)15-26(35)42)14-24(16)40-12-11-22(13-17(40)2)30(43)38-29(36)23-9-10-25(31(32,33)34)37-28(23)20-7-8-20/h5-6,9-10,14,17,20,22H,7-8,11-13,15H2,1-4H3,(H2,35,42)(H2,36,38,43). The number of nitrogens with zero attached hydrogens (tertiary/aromatic N) is 5. The average molecular weight is 596 g/mol. The monoisotopic (exact) mass is 595 g/mol. The molecule has 12 heteroatoms. The number of hydrogen-bond donors (Lipinski definition) is 2. The zero-order valence-corrected chi connectivity index (χ0v) is 24.7. The van der Waals surface area contributed by atoms with Crippen molar-refractivity contribution >= 4 is 23.3 Å². The number of rotatable bonds is 7. The smallest absolute Gasteiger partial charge is 0.383 e. The van der Waals surface area contributed by atoms with E-state index in [4.69, 9.17) is 11.5 Å². The van der Waals surface area contributed by atoms with Crippen LogP contribution < -0.4 is 16.4 Å². The predicted molar refractivity (Wildman–Crippen MR) is 158 cm³/mol. The van der Waals surface area contributed by atoms with Gasteiger partial charge in [0.1, 0.15) is 18.1 Å². The summed E-state index contributed by atoms with van der Waals surface area (Å²) < 4.78 is 41.3. The van der Waals surface area contributed by atoms with Gasteiger partial charge in [-0.2, -0.15) is 23.3 Å². The van der Waals surface area contributed by atoms with Crippen LogP contribution in [-0.2, 0) is 22.3 Å². The van der Waals surface area contributed by atoms with Gasteiger partial charge in [0.05, 0.1) is 11.4 Å². The number of pyridine rings is 1. The van der Waals surface area contributed by atoms with Gasteiger partial charge in [-0.1, -0.05) is 12.1 Å². The molecule has 2 fully saturated rings. The largest absolute Gasteiger partial charge is 0.433 e. The summed E-state index contributed by atoms with van der Waals surface area (Å²) in [6, 6.07) is 8.39. The molecule has 0 bridgehead atoms. The van der Waals surface area contributed by atoms with E-state index >= 15 is 0 Å². The van der Waals surface area contributed by atoms with Crippen LogP contribution in [0.15, 0.2) is 35.3 Å². The number of alkyl halides is 3. The number of primary amides is 1. The number of aryl methyl sites for hydroxylation is 2. The van der Waals surface area contributed by atoms with Crippen LogP contribution in [0.4, 0.5) is 18.9 Å². The molecule has 2 atom stereocenters. The molecule has 0 spiro atoms. The Morgan fingerprint density at radius 3 is 2.42 bits per heavy atom. The Morgan fingerprint density at radius 2 is 1.79 bits per heavy atom. The minimum atomic E-state index is -4.56. The van der Waals surface area contributed by atoms with Crippen LogP contribution in [0.2, 0.25) is 0 Å². The Bertz CT molecular complexity index is 1610. The molecule has 1 aromatic carbocycles. The molecule has 2 aromatic heterocycles. The second-order valence-electron chi connectivity index (χ2n) is 11.7. The summed E-state index contributed by atoms with van der Waals surface area (Å²) in [7, 11) is 0. The number of aromatic nitrogens is 3. The molecule has 4 N–H and O–H groups in total. The fourth-order valence-corrected chi connectivity index (χ4v) is 6.03. The van der Waals surface area contributed by atoms with E-state index in [9.17, 15) is 22.8 Å². The quantitative estimate of drug-likeness (QED) is 0.298. The highest BCUT2D eigenvalue weighted by molar-refractivity contribution is 6.05. The van der Waals surface area contributed by atoms with Crippen molar-refractivity contribution in [3.63, 3.8) is 0 Å². The zero-order valence-electron chi connectivity index (χ0n) is 24.7. The molecule has 1 aliphatic heterocycles. The Kier molecular flexibility index (Phi) is 8.06. The normalized spacial score (nSPS) is 19.5. The maximum absolute atomic E-state index is 13.2. The highest BCUT2D eigenvalue weighted by atomic mass is 19.4. The highest BCUT2D eigenvalue weighted by Crippen LogP contribution is 2.42. The lowest BCUT2D eigenvalue weighted by molar-refractivity contribution is -0.141. The first kappa shape index (κ1) is 30.2.